The molecule has 6 heteroatoms. The molecular weight excluding hydrogens is 593 g/mol. The highest BCUT2D eigenvalue weighted by Crippen LogP contribution is 2.54. The van der Waals surface area contributed by atoms with Crippen molar-refractivity contribution >= 4 is 68.3 Å². The van der Waals surface area contributed by atoms with Gasteiger partial charge in [-0.15, -0.1) is 11.3 Å². The topological polar surface area (TPSA) is 50.3 Å². The number of hydrogen-bond acceptors (Lipinski definition) is 6. The van der Waals surface area contributed by atoms with E-state index in [0.29, 0.717) is 11.1 Å². The lowest BCUT2D eigenvalue weighted by Crippen LogP contribution is -2.17. The van der Waals surface area contributed by atoms with E-state index in [2.05, 4.69) is 106 Å². The lowest BCUT2D eigenvalue weighted by atomic mass is 9.83. The fraction of sp³-hybridized carbons (Fsp3) is 0.154. The molecule has 2 aliphatic carbocycles. The SMILES string of the molecule is Cc1cc(N(c2ccc3ccccc3c2)c2cc3c(cn2)-c2sc(C=C4C(=O)c5cscc5C4=O)cc2C3(C)C)cc(C)c1C. The summed E-state index contributed by atoms with van der Waals surface area (Å²) in [6.07, 6.45) is 3.77. The molecule has 6 aromatic rings. The monoisotopic (exact) mass is 622 g/mol. The van der Waals surface area contributed by atoms with E-state index < -0.39 is 0 Å². The molecule has 4 nitrogen and oxygen atoms in total. The number of hydrogen-bond donors (Lipinski definition) is 0. The van der Waals surface area contributed by atoms with Gasteiger partial charge in [-0.2, -0.15) is 11.3 Å². The van der Waals surface area contributed by atoms with Crippen LogP contribution >= 0.6 is 22.7 Å². The number of carbonyl (C=O) groups is 2. The molecule has 0 N–H and O–H groups in total. The van der Waals surface area contributed by atoms with Crippen LogP contribution in [0.3, 0.4) is 0 Å². The third-order valence-corrected chi connectivity index (χ3v) is 11.4. The summed E-state index contributed by atoms with van der Waals surface area (Å²) in [5, 5.41) is 5.93. The van der Waals surface area contributed by atoms with Crippen molar-refractivity contribution < 1.29 is 9.59 Å². The summed E-state index contributed by atoms with van der Waals surface area (Å²) < 4.78 is 0. The van der Waals surface area contributed by atoms with Crippen LogP contribution in [0.4, 0.5) is 17.2 Å². The Morgan fingerprint density at radius 2 is 1.44 bits per heavy atom. The highest BCUT2D eigenvalue weighted by Gasteiger charge is 2.39. The van der Waals surface area contributed by atoms with Crippen molar-refractivity contribution in [2.75, 3.05) is 4.90 Å². The normalized spacial score (nSPS) is 14.6. The van der Waals surface area contributed by atoms with E-state index in [4.69, 9.17) is 4.98 Å². The van der Waals surface area contributed by atoms with Gasteiger partial charge in [0.1, 0.15) is 5.82 Å². The summed E-state index contributed by atoms with van der Waals surface area (Å²) in [4.78, 5) is 35.3. The van der Waals surface area contributed by atoms with Gasteiger partial charge in [0.05, 0.1) is 5.57 Å². The second-order valence-corrected chi connectivity index (χ2v) is 14.4. The minimum Gasteiger partial charge on any atom is -0.295 e. The van der Waals surface area contributed by atoms with Gasteiger partial charge in [0.25, 0.3) is 0 Å². The summed E-state index contributed by atoms with van der Waals surface area (Å²) >= 11 is 3.02. The van der Waals surface area contributed by atoms with Crippen molar-refractivity contribution in [1.82, 2.24) is 4.98 Å². The van der Waals surface area contributed by atoms with Crippen LogP contribution in [-0.4, -0.2) is 16.6 Å². The number of aryl methyl sites for hydroxylation is 2. The number of thiophene rings is 2. The number of nitrogens with zero attached hydrogens (tertiary/aromatic N) is 2. The van der Waals surface area contributed by atoms with Gasteiger partial charge in [-0.1, -0.05) is 44.2 Å². The highest BCUT2D eigenvalue weighted by molar-refractivity contribution is 7.16. The minimum atomic E-state index is -0.286. The second kappa shape index (κ2) is 9.93. The van der Waals surface area contributed by atoms with Crippen LogP contribution in [0.5, 0.6) is 0 Å². The van der Waals surface area contributed by atoms with E-state index in [-0.39, 0.29) is 22.6 Å². The molecule has 0 saturated heterocycles. The Kier molecular flexibility index (Phi) is 6.15. The quantitative estimate of drug-likeness (QED) is 0.145. The zero-order valence-electron chi connectivity index (χ0n) is 25.7. The number of pyridine rings is 1. The van der Waals surface area contributed by atoms with E-state index in [1.807, 2.05) is 6.20 Å². The van der Waals surface area contributed by atoms with Gasteiger partial charge in [0.2, 0.25) is 0 Å². The second-order valence-electron chi connectivity index (χ2n) is 12.6. The molecule has 45 heavy (non-hydrogen) atoms. The molecule has 0 atom stereocenters. The molecular formula is C39H30N2O2S2. The predicted molar refractivity (Wildman–Crippen MR) is 187 cm³/mol. The molecule has 220 valence electrons. The van der Waals surface area contributed by atoms with Crippen molar-refractivity contribution in [3.63, 3.8) is 0 Å². The van der Waals surface area contributed by atoms with E-state index >= 15 is 0 Å². The summed E-state index contributed by atoms with van der Waals surface area (Å²) in [5.74, 6) is 0.516. The van der Waals surface area contributed by atoms with Crippen molar-refractivity contribution in [2.45, 2.75) is 40.0 Å². The van der Waals surface area contributed by atoms with E-state index in [1.165, 1.54) is 49.9 Å². The zero-order chi connectivity index (χ0) is 31.2. The third-order valence-electron chi connectivity index (χ3n) is 9.55. The number of fused-ring (bicyclic) bond motifs is 5. The number of benzene rings is 3. The predicted octanol–water partition coefficient (Wildman–Crippen LogP) is 10.5. The smallest absolute Gasteiger partial charge is 0.198 e. The van der Waals surface area contributed by atoms with Crippen LogP contribution in [0, 0.1) is 20.8 Å². The Labute approximate surface area is 270 Å². The Morgan fingerprint density at radius 3 is 2.16 bits per heavy atom. The summed E-state index contributed by atoms with van der Waals surface area (Å²) in [6.45, 7) is 11.0. The molecule has 0 amide bonds. The number of aromatic nitrogens is 1. The lowest BCUT2D eigenvalue weighted by molar-refractivity contribution is 0.0990. The average Bonchev–Trinajstić information content (AvgIpc) is 3.78. The Hall–Kier alpha value is -4.65. The highest BCUT2D eigenvalue weighted by atomic mass is 32.1. The van der Waals surface area contributed by atoms with Gasteiger partial charge in [-0.25, -0.2) is 4.98 Å². The van der Waals surface area contributed by atoms with Crippen molar-refractivity contribution in [3.8, 4) is 10.4 Å². The fourth-order valence-corrected chi connectivity index (χ4v) is 8.84. The first-order chi connectivity index (χ1) is 21.6. The maximum Gasteiger partial charge on any atom is 0.198 e. The van der Waals surface area contributed by atoms with Crippen molar-refractivity contribution in [1.29, 1.82) is 0 Å². The number of anilines is 3. The lowest BCUT2D eigenvalue weighted by Gasteiger charge is -2.28. The molecule has 0 aliphatic heterocycles. The zero-order valence-corrected chi connectivity index (χ0v) is 27.3. The first-order valence-electron chi connectivity index (χ1n) is 15.0. The Bertz CT molecular complexity index is 2230. The first kappa shape index (κ1) is 27.9. The van der Waals surface area contributed by atoms with Crippen LogP contribution in [0.1, 0.15) is 67.3 Å². The van der Waals surface area contributed by atoms with Crippen LogP contribution in [-0.2, 0) is 5.41 Å². The average molecular weight is 623 g/mol. The molecule has 0 unspecified atom stereocenters. The molecule has 3 heterocycles. The largest absolute Gasteiger partial charge is 0.295 e. The summed E-state index contributed by atoms with van der Waals surface area (Å²) in [5.41, 5.74) is 10.5. The number of ketones is 2. The molecule has 3 aromatic heterocycles. The molecule has 0 spiro atoms. The number of rotatable bonds is 4. The molecule has 0 fully saturated rings. The third kappa shape index (κ3) is 4.20. The van der Waals surface area contributed by atoms with Crippen molar-refractivity contribution in [3.05, 3.63) is 133 Å². The standard InChI is InChI=1S/C39H30N2O2S2/c1-21-12-27(13-22(2)23(21)3)41(26-11-10-24-8-6-7-9-25(24)14-26)35-17-33-30(18-40-35)38-34(39(33,4)5)16-28(45-38)15-29-36(42)31-19-44-20-32(31)37(29)43/h6-20H,1-5H3. The van der Waals surface area contributed by atoms with Crippen LogP contribution in [0.15, 0.2) is 89.3 Å². The van der Waals surface area contributed by atoms with Gasteiger partial charge >= 0.3 is 0 Å². The van der Waals surface area contributed by atoms with Gasteiger partial charge in [-0.3, -0.25) is 14.5 Å². The molecule has 0 bridgehead atoms. The maximum absolute atomic E-state index is 12.9. The minimum absolute atomic E-state index is 0.175. The van der Waals surface area contributed by atoms with Crippen LogP contribution < -0.4 is 4.90 Å². The van der Waals surface area contributed by atoms with Gasteiger partial charge in [-0.05, 0) is 102 Å². The van der Waals surface area contributed by atoms with E-state index in [0.717, 1.165) is 32.5 Å². The van der Waals surface area contributed by atoms with Crippen molar-refractivity contribution in [2.24, 2.45) is 0 Å². The molecule has 0 saturated carbocycles. The molecule has 3 aromatic carbocycles. The number of allylic oxidation sites excluding steroid dienone is 1. The molecule has 2 aliphatic rings. The maximum atomic E-state index is 12.9. The van der Waals surface area contributed by atoms with Crippen LogP contribution in [0.2, 0.25) is 0 Å². The first-order valence-corrected chi connectivity index (χ1v) is 16.8. The van der Waals surface area contributed by atoms with Gasteiger partial charge in [0, 0.05) is 60.2 Å². The number of Topliss-reactive ketones (excluding diaryl/α,β-unsaturated/α-hetero) is 2. The fourth-order valence-electron chi connectivity index (χ4n) is 6.74. The van der Waals surface area contributed by atoms with Gasteiger partial charge in [0.15, 0.2) is 11.6 Å². The summed E-state index contributed by atoms with van der Waals surface area (Å²) in [7, 11) is 0. The summed E-state index contributed by atoms with van der Waals surface area (Å²) in [6, 6.07) is 23.9. The number of carbonyl (C=O) groups excluding carboxylic acids is 2. The Morgan fingerprint density at radius 1 is 0.756 bits per heavy atom. The van der Waals surface area contributed by atoms with Gasteiger partial charge < -0.3 is 0 Å². The van der Waals surface area contributed by atoms with Crippen LogP contribution in [0.25, 0.3) is 27.3 Å². The molecule has 0 radical (unpaired) electrons. The van der Waals surface area contributed by atoms with E-state index in [1.54, 1.807) is 28.2 Å². The molecule has 8 rings (SSSR count). The van der Waals surface area contributed by atoms with E-state index in [9.17, 15) is 9.59 Å². The Balaban J connectivity index is 1.24.